The van der Waals surface area contributed by atoms with E-state index in [1.807, 2.05) is 25.1 Å². The summed E-state index contributed by atoms with van der Waals surface area (Å²) in [4.78, 5) is 52.8. The van der Waals surface area contributed by atoms with Crippen LogP contribution in [0, 0.1) is 6.92 Å². The quantitative estimate of drug-likeness (QED) is 0.335. The number of carbonyl (C=O) groups excluding carboxylic acids is 2. The van der Waals surface area contributed by atoms with E-state index in [2.05, 4.69) is 10.6 Å². The van der Waals surface area contributed by atoms with Crippen molar-refractivity contribution >= 4 is 28.4 Å². The van der Waals surface area contributed by atoms with Crippen LogP contribution in [0.3, 0.4) is 0 Å². The number of rotatable bonds is 9. The largest absolute Gasteiger partial charge is 0.493 e. The fourth-order valence-corrected chi connectivity index (χ4v) is 4.52. The van der Waals surface area contributed by atoms with Gasteiger partial charge in [0.15, 0.2) is 11.5 Å². The summed E-state index contributed by atoms with van der Waals surface area (Å²) in [5, 5.41) is 5.97. The standard InChI is InChI=1S/C30H30N4O6/c1-18-6-4-5-7-23(18)32-27(35)17-33-24-15-26(40-3)25(39-2)14-22(24)29(37)34(30(33)38)16-19-8-10-20(11-9-19)28(36)31-21-12-13-21/h4-11,14-15,21H,12-13,16-17H2,1-3H3,(H,31,36)(H,32,35). The summed E-state index contributed by atoms with van der Waals surface area (Å²) in [7, 11) is 2.90. The molecule has 1 aliphatic rings. The van der Waals surface area contributed by atoms with Crippen LogP contribution in [0.5, 0.6) is 11.5 Å². The molecule has 1 saturated carbocycles. The van der Waals surface area contributed by atoms with Crippen LogP contribution < -0.4 is 31.4 Å². The zero-order valence-corrected chi connectivity index (χ0v) is 22.5. The molecule has 5 rings (SSSR count). The normalized spacial score (nSPS) is 12.7. The minimum absolute atomic E-state index is 0.0497. The molecule has 0 saturated heterocycles. The highest BCUT2D eigenvalue weighted by Crippen LogP contribution is 2.30. The maximum Gasteiger partial charge on any atom is 0.332 e. The Morgan fingerprint density at radius 1 is 0.925 bits per heavy atom. The Balaban J connectivity index is 1.54. The molecule has 0 unspecified atom stereocenters. The van der Waals surface area contributed by atoms with Crippen molar-refractivity contribution in [2.75, 3.05) is 19.5 Å². The predicted octanol–water partition coefficient (Wildman–Crippen LogP) is 3.07. The summed E-state index contributed by atoms with van der Waals surface area (Å²) < 4.78 is 13.1. The fraction of sp³-hybridized carbons (Fsp3) is 0.267. The van der Waals surface area contributed by atoms with E-state index in [0.29, 0.717) is 28.3 Å². The monoisotopic (exact) mass is 542 g/mol. The van der Waals surface area contributed by atoms with Gasteiger partial charge in [0.25, 0.3) is 11.5 Å². The number of hydrogen-bond acceptors (Lipinski definition) is 6. The smallest absolute Gasteiger partial charge is 0.332 e. The number of benzene rings is 3. The lowest BCUT2D eigenvalue weighted by atomic mass is 10.1. The summed E-state index contributed by atoms with van der Waals surface area (Å²) in [5.41, 5.74) is 1.71. The van der Waals surface area contributed by atoms with Gasteiger partial charge in [0.2, 0.25) is 5.91 Å². The molecule has 1 aliphatic carbocycles. The van der Waals surface area contributed by atoms with Crippen molar-refractivity contribution in [3.05, 3.63) is 98.2 Å². The van der Waals surface area contributed by atoms with Crippen molar-refractivity contribution in [1.29, 1.82) is 0 Å². The molecule has 0 bridgehead atoms. The van der Waals surface area contributed by atoms with Gasteiger partial charge < -0.3 is 20.1 Å². The van der Waals surface area contributed by atoms with E-state index in [1.54, 1.807) is 30.3 Å². The number of methoxy groups -OCH3 is 2. The second-order valence-corrected chi connectivity index (χ2v) is 9.79. The van der Waals surface area contributed by atoms with Crippen LogP contribution in [0.15, 0.2) is 70.3 Å². The number of nitrogens with one attached hydrogen (secondary N) is 2. The maximum atomic E-state index is 13.7. The summed E-state index contributed by atoms with van der Waals surface area (Å²) in [5.74, 6) is 0.0580. The van der Waals surface area contributed by atoms with E-state index in [-0.39, 0.29) is 35.9 Å². The summed E-state index contributed by atoms with van der Waals surface area (Å²) in [6.07, 6.45) is 1.97. The SMILES string of the molecule is COc1cc2c(=O)n(Cc3ccc(C(=O)NC4CC4)cc3)c(=O)n(CC(=O)Nc3ccccc3C)c2cc1OC. The minimum atomic E-state index is -0.653. The first kappa shape index (κ1) is 26.7. The van der Waals surface area contributed by atoms with Gasteiger partial charge in [-0.05, 0) is 55.2 Å². The van der Waals surface area contributed by atoms with Gasteiger partial charge in [-0.1, -0.05) is 30.3 Å². The number of amides is 2. The van der Waals surface area contributed by atoms with E-state index in [9.17, 15) is 19.2 Å². The Labute approximate surface area is 230 Å². The molecule has 0 atom stereocenters. The van der Waals surface area contributed by atoms with E-state index >= 15 is 0 Å². The molecule has 2 amide bonds. The van der Waals surface area contributed by atoms with Crippen LogP contribution in [-0.4, -0.2) is 41.2 Å². The first-order chi connectivity index (χ1) is 19.3. The van der Waals surface area contributed by atoms with Gasteiger partial charge in [-0.25, -0.2) is 4.79 Å². The number of fused-ring (bicyclic) bond motifs is 1. The third-order valence-electron chi connectivity index (χ3n) is 6.92. The highest BCUT2D eigenvalue weighted by molar-refractivity contribution is 5.94. The lowest BCUT2D eigenvalue weighted by Crippen LogP contribution is -2.42. The van der Waals surface area contributed by atoms with Gasteiger partial charge in [-0.2, -0.15) is 0 Å². The predicted molar refractivity (Wildman–Crippen MR) is 151 cm³/mol. The molecule has 40 heavy (non-hydrogen) atoms. The molecule has 1 fully saturated rings. The van der Waals surface area contributed by atoms with Crippen LogP contribution in [-0.2, 0) is 17.9 Å². The zero-order valence-electron chi connectivity index (χ0n) is 22.5. The first-order valence-electron chi connectivity index (χ1n) is 12.9. The number of aromatic nitrogens is 2. The molecule has 1 heterocycles. The van der Waals surface area contributed by atoms with Crippen molar-refractivity contribution in [1.82, 2.24) is 14.5 Å². The highest BCUT2D eigenvalue weighted by atomic mass is 16.5. The van der Waals surface area contributed by atoms with Crippen molar-refractivity contribution in [3.63, 3.8) is 0 Å². The number of nitrogens with zero attached hydrogens (tertiary/aromatic N) is 2. The Morgan fingerprint density at radius 3 is 2.25 bits per heavy atom. The Bertz CT molecular complexity index is 1720. The van der Waals surface area contributed by atoms with E-state index in [0.717, 1.165) is 23.0 Å². The van der Waals surface area contributed by atoms with Gasteiger partial charge in [-0.3, -0.25) is 23.5 Å². The minimum Gasteiger partial charge on any atom is -0.493 e. The Morgan fingerprint density at radius 2 is 1.60 bits per heavy atom. The molecular formula is C30H30N4O6. The molecule has 0 aliphatic heterocycles. The summed E-state index contributed by atoms with van der Waals surface area (Å²) >= 11 is 0. The maximum absolute atomic E-state index is 13.7. The Hall–Kier alpha value is -4.86. The highest BCUT2D eigenvalue weighted by Gasteiger charge is 2.24. The van der Waals surface area contributed by atoms with Crippen LogP contribution in [0.25, 0.3) is 10.9 Å². The third kappa shape index (κ3) is 5.47. The molecule has 2 N–H and O–H groups in total. The number of para-hydroxylation sites is 1. The number of hydrogen-bond donors (Lipinski definition) is 2. The van der Waals surface area contributed by atoms with Crippen LogP contribution in [0.4, 0.5) is 5.69 Å². The van der Waals surface area contributed by atoms with Gasteiger partial charge in [0, 0.05) is 23.4 Å². The van der Waals surface area contributed by atoms with E-state index in [1.165, 1.54) is 30.9 Å². The molecule has 206 valence electrons. The summed E-state index contributed by atoms with van der Waals surface area (Å²) in [6, 6.07) is 17.3. The average Bonchev–Trinajstić information content (AvgIpc) is 3.78. The molecular weight excluding hydrogens is 512 g/mol. The number of carbonyl (C=O) groups is 2. The number of ether oxygens (including phenoxy) is 2. The third-order valence-corrected chi connectivity index (χ3v) is 6.92. The van der Waals surface area contributed by atoms with Gasteiger partial charge in [-0.15, -0.1) is 0 Å². The second-order valence-electron chi connectivity index (χ2n) is 9.79. The van der Waals surface area contributed by atoms with Gasteiger partial charge in [0.05, 0.1) is 31.7 Å². The van der Waals surface area contributed by atoms with E-state index in [4.69, 9.17) is 9.47 Å². The second kappa shape index (κ2) is 11.1. The summed E-state index contributed by atoms with van der Waals surface area (Å²) in [6.45, 7) is 1.49. The number of anilines is 1. The Kier molecular flexibility index (Phi) is 7.41. The topological polar surface area (TPSA) is 121 Å². The zero-order chi connectivity index (χ0) is 28.4. The van der Waals surface area contributed by atoms with Crippen LogP contribution in [0.1, 0.15) is 34.3 Å². The van der Waals surface area contributed by atoms with E-state index < -0.39 is 17.2 Å². The molecule has 3 aromatic carbocycles. The van der Waals surface area contributed by atoms with Crippen molar-refractivity contribution < 1.29 is 19.1 Å². The lowest BCUT2D eigenvalue weighted by Gasteiger charge is -2.17. The first-order valence-corrected chi connectivity index (χ1v) is 12.9. The molecule has 4 aromatic rings. The number of aryl methyl sites for hydroxylation is 1. The molecule has 0 radical (unpaired) electrons. The molecule has 10 heteroatoms. The van der Waals surface area contributed by atoms with Crippen molar-refractivity contribution in [2.24, 2.45) is 0 Å². The van der Waals surface area contributed by atoms with Crippen molar-refractivity contribution in [2.45, 2.75) is 38.9 Å². The molecule has 1 aromatic heterocycles. The molecule has 10 nitrogen and oxygen atoms in total. The average molecular weight is 543 g/mol. The molecule has 0 spiro atoms. The lowest BCUT2D eigenvalue weighted by molar-refractivity contribution is -0.116. The van der Waals surface area contributed by atoms with Crippen LogP contribution in [0.2, 0.25) is 0 Å². The van der Waals surface area contributed by atoms with Gasteiger partial charge in [0.1, 0.15) is 6.54 Å². The van der Waals surface area contributed by atoms with Gasteiger partial charge >= 0.3 is 5.69 Å². The van der Waals surface area contributed by atoms with Crippen LogP contribution >= 0.6 is 0 Å². The fourth-order valence-electron chi connectivity index (χ4n) is 4.52. The van der Waals surface area contributed by atoms with Crippen molar-refractivity contribution in [3.8, 4) is 11.5 Å².